The molecule has 0 aliphatic rings. The van der Waals surface area contributed by atoms with Crippen LogP contribution in [-0.4, -0.2) is 32.7 Å². The summed E-state index contributed by atoms with van der Waals surface area (Å²) in [5.41, 5.74) is 0. The van der Waals surface area contributed by atoms with Gasteiger partial charge in [0.05, 0.1) is 11.0 Å². The predicted octanol–water partition coefficient (Wildman–Crippen LogP) is 3.82. The van der Waals surface area contributed by atoms with Crippen LogP contribution in [0.4, 0.5) is 0 Å². The van der Waals surface area contributed by atoms with Gasteiger partial charge in [-0.15, -0.1) is 0 Å². The minimum atomic E-state index is -0.770. The molecular formula is C12H29NOS2. The van der Waals surface area contributed by atoms with Crippen LogP contribution in [0.2, 0.25) is 0 Å². The largest absolute Gasteiger partial charge is 0.243 e. The zero-order chi connectivity index (χ0) is 13.6. The molecule has 0 aliphatic carbocycles. The quantitative estimate of drug-likeness (QED) is 0.706. The van der Waals surface area contributed by atoms with Gasteiger partial charge in [0, 0.05) is 19.3 Å². The average Bonchev–Trinajstić information content (AvgIpc) is 2.19. The van der Waals surface area contributed by atoms with E-state index >= 15 is 0 Å². The van der Waals surface area contributed by atoms with Gasteiger partial charge >= 0.3 is 0 Å². The van der Waals surface area contributed by atoms with Gasteiger partial charge in [-0.3, -0.25) is 0 Å². The number of rotatable bonds is 5. The molecule has 0 saturated carbocycles. The maximum atomic E-state index is 11.0. The predicted molar refractivity (Wildman–Crippen MR) is 81.5 cm³/mol. The maximum Gasteiger partial charge on any atom is 0.0910 e. The Bertz CT molecular complexity index is 162. The van der Waals surface area contributed by atoms with Crippen LogP contribution in [0.15, 0.2) is 0 Å². The second kappa shape index (κ2) is 17.6. The van der Waals surface area contributed by atoms with Crippen LogP contribution in [0.5, 0.6) is 0 Å². The topological polar surface area (TPSA) is 20.3 Å². The summed E-state index contributed by atoms with van der Waals surface area (Å²) in [6.07, 6.45) is 3.91. The zero-order valence-corrected chi connectivity index (χ0v) is 13.6. The molecule has 0 aliphatic heterocycles. The first kappa shape index (κ1) is 21.5. The first-order chi connectivity index (χ1) is 7.45. The van der Waals surface area contributed by atoms with E-state index in [1.54, 1.807) is 6.26 Å². The molecule has 1 atom stereocenters. The molecule has 0 aromatic heterocycles. The van der Waals surface area contributed by atoms with E-state index in [1.807, 2.05) is 32.0 Å². The van der Waals surface area contributed by atoms with Crippen molar-refractivity contribution in [2.75, 3.05) is 19.3 Å². The van der Waals surface area contributed by atoms with Crippen LogP contribution in [0, 0.1) is 0 Å². The van der Waals surface area contributed by atoms with Crippen molar-refractivity contribution in [3.8, 4) is 0 Å². The molecule has 0 saturated heterocycles. The van der Waals surface area contributed by atoms with Crippen molar-refractivity contribution in [2.45, 2.75) is 54.4 Å². The summed E-state index contributed by atoms with van der Waals surface area (Å²) in [7, 11) is -0.770. The van der Waals surface area contributed by atoms with Crippen molar-refractivity contribution in [3.05, 3.63) is 0 Å². The van der Waals surface area contributed by atoms with E-state index in [1.165, 1.54) is 0 Å². The third-order valence-electron chi connectivity index (χ3n) is 1.31. The molecule has 0 heterocycles. The van der Waals surface area contributed by atoms with E-state index in [2.05, 4.69) is 26.1 Å². The number of nitrogens with zero attached hydrogens (tertiary/aromatic N) is 1. The number of hydrogen-bond donors (Lipinski definition) is 0. The Balaban J connectivity index is -0.000000237. The van der Waals surface area contributed by atoms with Crippen LogP contribution in [0.25, 0.3) is 0 Å². The summed E-state index contributed by atoms with van der Waals surface area (Å²) < 4.78 is 13.0. The molecule has 16 heavy (non-hydrogen) atoms. The molecule has 2 nitrogen and oxygen atoms in total. The van der Waals surface area contributed by atoms with Crippen molar-refractivity contribution < 1.29 is 4.21 Å². The molecule has 0 N–H and O–H groups in total. The van der Waals surface area contributed by atoms with Gasteiger partial charge in [-0.05, 0) is 31.6 Å². The number of hydrogen-bond acceptors (Lipinski definition) is 2. The van der Waals surface area contributed by atoms with E-state index in [-0.39, 0.29) is 0 Å². The van der Waals surface area contributed by atoms with Gasteiger partial charge < -0.3 is 0 Å². The molecule has 1 unspecified atom stereocenters. The van der Waals surface area contributed by atoms with Crippen molar-refractivity contribution in [1.82, 2.24) is 4.31 Å². The SMILES string of the molecule is CC.CC(C)=S.CCCN(CCC)S(C)=O. The third kappa shape index (κ3) is 23.8. The molecule has 0 rings (SSSR count). The summed E-state index contributed by atoms with van der Waals surface area (Å²) in [6, 6.07) is 0. The highest BCUT2D eigenvalue weighted by Gasteiger charge is 2.04. The van der Waals surface area contributed by atoms with Crippen molar-refractivity contribution in [3.63, 3.8) is 0 Å². The molecule has 0 aromatic carbocycles. The Morgan fingerprint density at radius 1 is 1.12 bits per heavy atom. The van der Waals surface area contributed by atoms with Crippen molar-refractivity contribution in [2.24, 2.45) is 0 Å². The Labute approximate surface area is 110 Å². The molecule has 4 heteroatoms. The molecule has 0 bridgehead atoms. The Morgan fingerprint density at radius 3 is 1.50 bits per heavy atom. The average molecular weight is 268 g/mol. The fourth-order valence-corrected chi connectivity index (χ4v) is 1.75. The van der Waals surface area contributed by atoms with Gasteiger partial charge in [-0.1, -0.05) is 39.9 Å². The zero-order valence-electron chi connectivity index (χ0n) is 12.0. The van der Waals surface area contributed by atoms with Crippen LogP contribution in [0.1, 0.15) is 54.4 Å². The molecule has 0 radical (unpaired) electrons. The van der Waals surface area contributed by atoms with Gasteiger partial charge in [0.15, 0.2) is 0 Å². The number of thiocarbonyl (C=S) groups is 1. The normalized spacial score (nSPS) is 10.8. The van der Waals surface area contributed by atoms with Crippen LogP contribution in [-0.2, 0) is 11.0 Å². The summed E-state index contributed by atoms with van der Waals surface area (Å²) in [6.45, 7) is 13.9. The smallest absolute Gasteiger partial charge is 0.0910 e. The highest BCUT2D eigenvalue weighted by Crippen LogP contribution is 1.95. The lowest BCUT2D eigenvalue weighted by molar-refractivity contribution is 0.445. The second-order valence-electron chi connectivity index (χ2n) is 3.26. The van der Waals surface area contributed by atoms with E-state index in [9.17, 15) is 4.21 Å². The van der Waals surface area contributed by atoms with Crippen molar-refractivity contribution >= 4 is 28.1 Å². The molecule has 0 spiro atoms. The van der Waals surface area contributed by atoms with E-state index in [0.29, 0.717) is 0 Å². The first-order valence-corrected chi connectivity index (χ1v) is 7.93. The van der Waals surface area contributed by atoms with Gasteiger partial charge in [-0.2, -0.15) is 0 Å². The van der Waals surface area contributed by atoms with Crippen LogP contribution >= 0.6 is 12.2 Å². The molecule has 0 fully saturated rings. The lowest BCUT2D eigenvalue weighted by Gasteiger charge is -2.16. The molecule has 0 amide bonds. The van der Waals surface area contributed by atoms with Gasteiger partial charge in [0.2, 0.25) is 0 Å². The van der Waals surface area contributed by atoms with Crippen LogP contribution in [0.3, 0.4) is 0 Å². The molecule has 100 valence electrons. The van der Waals surface area contributed by atoms with Crippen LogP contribution < -0.4 is 0 Å². The summed E-state index contributed by atoms with van der Waals surface area (Å²) in [4.78, 5) is 1.00. The Kier molecular flexibility index (Phi) is 23.6. The summed E-state index contributed by atoms with van der Waals surface area (Å²) in [5, 5.41) is 0. The lowest BCUT2D eigenvalue weighted by Crippen LogP contribution is -2.26. The minimum Gasteiger partial charge on any atom is -0.243 e. The standard InChI is InChI=1S/C7H17NOS.C3H6S.C2H6/c1-4-6-8(7-5-2)10(3)9;1-3(2)4;1-2/h4-7H2,1-3H3;1-2H3;1-2H3. The lowest BCUT2D eigenvalue weighted by atomic mass is 10.4. The van der Waals surface area contributed by atoms with Gasteiger partial charge in [0.25, 0.3) is 0 Å². The molecule has 0 aromatic rings. The third-order valence-corrected chi connectivity index (χ3v) is 2.40. The second-order valence-corrected chi connectivity index (χ2v) is 5.44. The van der Waals surface area contributed by atoms with E-state index < -0.39 is 11.0 Å². The highest BCUT2D eigenvalue weighted by atomic mass is 32.2. The summed E-state index contributed by atoms with van der Waals surface area (Å²) in [5.74, 6) is 0. The fourth-order valence-electron chi connectivity index (χ4n) is 0.868. The highest BCUT2D eigenvalue weighted by molar-refractivity contribution is 7.81. The van der Waals surface area contributed by atoms with Gasteiger partial charge in [0.1, 0.15) is 0 Å². The van der Waals surface area contributed by atoms with Crippen molar-refractivity contribution in [1.29, 1.82) is 0 Å². The Hall–Kier alpha value is 0.200. The molecular weight excluding hydrogens is 238 g/mol. The monoisotopic (exact) mass is 267 g/mol. The fraction of sp³-hybridized carbons (Fsp3) is 0.917. The van der Waals surface area contributed by atoms with E-state index in [0.717, 1.165) is 30.8 Å². The van der Waals surface area contributed by atoms with E-state index in [4.69, 9.17) is 0 Å². The van der Waals surface area contributed by atoms with Gasteiger partial charge in [-0.25, -0.2) is 8.51 Å². The minimum absolute atomic E-state index is 0.770. The summed E-state index contributed by atoms with van der Waals surface area (Å²) >= 11 is 4.54. The Morgan fingerprint density at radius 2 is 1.38 bits per heavy atom. The first-order valence-electron chi connectivity index (χ1n) is 6.01. The maximum absolute atomic E-state index is 11.0.